The number of guanidine groups is 1. The van der Waals surface area contributed by atoms with Crippen LogP contribution in [0.3, 0.4) is 0 Å². The van der Waals surface area contributed by atoms with Crippen molar-refractivity contribution in [1.29, 1.82) is 0 Å². The zero-order valence-electron chi connectivity index (χ0n) is 14.9. The van der Waals surface area contributed by atoms with Crippen LogP contribution in [0.5, 0.6) is 0 Å². The van der Waals surface area contributed by atoms with Crippen LogP contribution in [0.2, 0.25) is 0 Å². The highest BCUT2D eigenvalue weighted by molar-refractivity contribution is 5.81. The fourth-order valence-electron chi connectivity index (χ4n) is 3.08. The second-order valence-electron chi connectivity index (χ2n) is 6.74. The van der Waals surface area contributed by atoms with Gasteiger partial charge in [0.15, 0.2) is 5.96 Å². The van der Waals surface area contributed by atoms with Gasteiger partial charge in [0.1, 0.15) is 11.6 Å². The molecule has 1 atom stereocenters. The molecule has 1 aromatic carbocycles. The van der Waals surface area contributed by atoms with Gasteiger partial charge in [-0.1, -0.05) is 0 Å². The first-order valence-electron chi connectivity index (χ1n) is 9.01. The molecule has 0 radical (unpaired) electrons. The molecule has 26 heavy (non-hydrogen) atoms. The fourth-order valence-corrected chi connectivity index (χ4v) is 3.08. The molecular weight excluding hydrogens is 340 g/mol. The summed E-state index contributed by atoms with van der Waals surface area (Å²) >= 11 is 0. The third-order valence-electron chi connectivity index (χ3n) is 4.67. The SMILES string of the molecule is CN=C(NCCNC(=O)C1CC1)NC1CCN(c2ccc(F)cc2F)C1. The monoisotopic (exact) mass is 365 g/mol. The highest BCUT2D eigenvalue weighted by atomic mass is 19.1. The molecule has 0 spiro atoms. The summed E-state index contributed by atoms with van der Waals surface area (Å²) in [6.45, 7) is 2.44. The van der Waals surface area contributed by atoms with Crippen molar-refractivity contribution in [3.8, 4) is 0 Å². The van der Waals surface area contributed by atoms with Crippen LogP contribution in [0.25, 0.3) is 0 Å². The van der Waals surface area contributed by atoms with E-state index in [0.717, 1.165) is 25.3 Å². The number of carbonyl (C=O) groups excluding carboxylic acids is 1. The van der Waals surface area contributed by atoms with Crippen LogP contribution in [0.4, 0.5) is 14.5 Å². The first kappa shape index (κ1) is 18.4. The molecule has 1 aliphatic carbocycles. The molecule has 1 unspecified atom stereocenters. The lowest BCUT2D eigenvalue weighted by molar-refractivity contribution is -0.122. The van der Waals surface area contributed by atoms with E-state index in [-0.39, 0.29) is 17.9 Å². The number of hydrogen-bond acceptors (Lipinski definition) is 3. The van der Waals surface area contributed by atoms with E-state index in [1.807, 2.05) is 4.90 Å². The maximum absolute atomic E-state index is 13.9. The summed E-state index contributed by atoms with van der Waals surface area (Å²) < 4.78 is 27.0. The van der Waals surface area contributed by atoms with Crippen LogP contribution in [-0.2, 0) is 4.79 Å². The van der Waals surface area contributed by atoms with Crippen LogP contribution in [0.15, 0.2) is 23.2 Å². The van der Waals surface area contributed by atoms with E-state index >= 15 is 0 Å². The third kappa shape index (κ3) is 4.83. The van der Waals surface area contributed by atoms with Gasteiger partial charge in [-0.25, -0.2) is 8.78 Å². The average molecular weight is 365 g/mol. The van der Waals surface area contributed by atoms with E-state index in [1.165, 1.54) is 12.1 Å². The molecule has 1 saturated heterocycles. The lowest BCUT2D eigenvalue weighted by Gasteiger charge is -2.21. The number of nitrogens with zero attached hydrogens (tertiary/aromatic N) is 2. The first-order valence-corrected chi connectivity index (χ1v) is 9.01. The quantitative estimate of drug-likeness (QED) is 0.403. The molecule has 142 valence electrons. The third-order valence-corrected chi connectivity index (χ3v) is 4.67. The van der Waals surface area contributed by atoms with Crippen molar-refractivity contribution in [1.82, 2.24) is 16.0 Å². The topological polar surface area (TPSA) is 68.8 Å². The zero-order chi connectivity index (χ0) is 18.5. The van der Waals surface area contributed by atoms with Gasteiger partial charge >= 0.3 is 0 Å². The van der Waals surface area contributed by atoms with Gasteiger partial charge in [0, 0.05) is 51.3 Å². The second kappa shape index (κ2) is 8.33. The minimum atomic E-state index is -0.571. The first-order chi connectivity index (χ1) is 12.6. The summed E-state index contributed by atoms with van der Waals surface area (Å²) in [5, 5.41) is 9.37. The maximum atomic E-state index is 13.9. The molecule has 1 saturated carbocycles. The van der Waals surface area contributed by atoms with Gasteiger partial charge in [-0.2, -0.15) is 0 Å². The summed E-state index contributed by atoms with van der Waals surface area (Å²) in [4.78, 5) is 17.7. The van der Waals surface area contributed by atoms with Gasteiger partial charge in [0.2, 0.25) is 5.91 Å². The summed E-state index contributed by atoms with van der Waals surface area (Å²) in [6.07, 6.45) is 2.82. The molecule has 0 aromatic heterocycles. The Morgan fingerprint density at radius 1 is 1.23 bits per heavy atom. The van der Waals surface area contributed by atoms with Crippen LogP contribution in [-0.4, -0.2) is 51.1 Å². The molecule has 6 nitrogen and oxygen atoms in total. The average Bonchev–Trinajstić information content (AvgIpc) is 3.37. The van der Waals surface area contributed by atoms with Crippen LogP contribution < -0.4 is 20.9 Å². The summed E-state index contributed by atoms with van der Waals surface area (Å²) in [7, 11) is 1.68. The molecule has 2 fully saturated rings. The Labute approximate surface area is 152 Å². The van der Waals surface area contributed by atoms with E-state index in [4.69, 9.17) is 0 Å². The van der Waals surface area contributed by atoms with Crippen molar-refractivity contribution in [3.63, 3.8) is 0 Å². The molecule has 2 aliphatic rings. The van der Waals surface area contributed by atoms with Crippen molar-refractivity contribution in [2.24, 2.45) is 10.9 Å². The van der Waals surface area contributed by atoms with E-state index in [0.29, 0.717) is 37.8 Å². The number of carbonyl (C=O) groups is 1. The fraction of sp³-hybridized carbons (Fsp3) is 0.556. The molecule has 1 aromatic rings. The molecule has 0 bridgehead atoms. The molecule has 1 amide bonds. The Bertz CT molecular complexity index is 678. The van der Waals surface area contributed by atoms with Crippen LogP contribution in [0.1, 0.15) is 19.3 Å². The van der Waals surface area contributed by atoms with E-state index in [2.05, 4.69) is 20.9 Å². The molecule has 1 aliphatic heterocycles. The number of aliphatic imine (C=N–C) groups is 1. The van der Waals surface area contributed by atoms with Gasteiger partial charge in [0.25, 0.3) is 0 Å². The standard InChI is InChI=1S/C18H25F2N5O/c1-21-18(23-8-7-22-17(26)12-2-3-12)24-14-6-9-25(11-14)16-5-4-13(19)10-15(16)20/h4-5,10,12,14H,2-3,6-9,11H2,1H3,(H,22,26)(H2,21,23,24). The molecule has 1 heterocycles. The van der Waals surface area contributed by atoms with Crippen molar-refractivity contribution in [3.05, 3.63) is 29.8 Å². The Hall–Kier alpha value is -2.38. The van der Waals surface area contributed by atoms with E-state index in [9.17, 15) is 13.6 Å². The van der Waals surface area contributed by atoms with Crippen molar-refractivity contribution in [2.75, 3.05) is 38.1 Å². The lowest BCUT2D eigenvalue weighted by atomic mass is 10.2. The lowest BCUT2D eigenvalue weighted by Crippen LogP contribution is -2.46. The van der Waals surface area contributed by atoms with E-state index < -0.39 is 11.6 Å². The summed E-state index contributed by atoms with van der Waals surface area (Å²) in [5.74, 6) is -0.124. The molecule has 8 heteroatoms. The highest BCUT2D eigenvalue weighted by Gasteiger charge is 2.29. The van der Waals surface area contributed by atoms with Gasteiger partial charge in [-0.3, -0.25) is 9.79 Å². The zero-order valence-corrected chi connectivity index (χ0v) is 14.9. The van der Waals surface area contributed by atoms with Crippen LogP contribution >= 0.6 is 0 Å². The van der Waals surface area contributed by atoms with Crippen molar-refractivity contribution < 1.29 is 13.6 Å². The van der Waals surface area contributed by atoms with Gasteiger partial charge in [-0.05, 0) is 31.4 Å². The predicted molar refractivity (Wildman–Crippen MR) is 97.2 cm³/mol. The van der Waals surface area contributed by atoms with Crippen molar-refractivity contribution in [2.45, 2.75) is 25.3 Å². The number of anilines is 1. The number of hydrogen-bond donors (Lipinski definition) is 3. The maximum Gasteiger partial charge on any atom is 0.223 e. The summed E-state index contributed by atoms with van der Waals surface area (Å²) in [6, 6.07) is 3.77. The number of nitrogens with one attached hydrogen (secondary N) is 3. The van der Waals surface area contributed by atoms with Gasteiger partial charge < -0.3 is 20.9 Å². The van der Waals surface area contributed by atoms with Gasteiger partial charge in [-0.15, -0.1) is 0 Å². The Morgan fingerprint density at radius 2 is 2.00 bits per heavy atom. The second-order valence-corrected chi connectivity index (χ2v) is 6.74. The largest absolute Gasteiger partial charge is 0.367 e. The summed E-state index contributed by atoms with van der Waals surface area (Å²) in [5.41, 5.74) is 0.418. The smallest absolute Gasteiger partial charge is 0.223 e. The Morgan fingerprint density at radius 3 is 2.69 bits per heavy atom. The van der Waals surface area contributed by atoms with Crippen LogP contribution in [0, 0.1) is 17.6 Å². The van der Waals surface area contributed by atoms with Gasteiger partial charge in [0.05, 0.1) is 5.69 Å². The predicted octanol–water partition coefficient (Wildman–Crippen LogP) is 1.23. The number of benzene rings is 1. The Balaban J connectivity index is 1.42. The molecular formula is C18H25F2N5O. The number of amides is 1. The molecule has 3 N–H and O–H groups in total. The highest BCUT2D eigenvalue weighted by Crippen LogP contribution is 2.28. The molecule has 3 rings (SSSR count). The number of rotatable bonds is 6. The van der Waals surface area contributed by atoms with Crippen molar-refractivity contribution >= 4 is 17.6 Å². The normalized spacial score (nSPS) is 20.2. The number of halogens is 2. The minimum absolute atomic E-state index is 0.117. The van der Waals surface area contributed by atoms with E-state index in [1.54, 1.807) is 7.05 Å². The Kier molecular flexibility index (Phi) is 5.90. The minimum Gasteiger partial charge on any atom is -0.367 e.